The summed E-state index contributed by atoms with van der Waals surface area (Å²) in [6, 6.07) is 1.51. The third-order valence-electron chi connectivity index (χ3n) is 4.03. The van der Waals surface area contributed by atoms with Gasteiger partial charge < -0.3 is 10.0 Å². The molecular formula is C14H17ClN2O3. The van der Waals surface area contributed by atoms with Gasteiger partial charge in [-0.1, -0.05) is 30.9 Å². The number of halogens is 1. The fraction of sp³-hybridized carbons (Fsp3) is 0.500. The number of rotatable bonds is 3. The number of carbonyl (C=O) groups is 2. The molecule has 0 bridgehead atoms. The third kappa shape index (κ3) is 2.50. The molecule has 1 aromatic rings. The summed E-state index contributed by atoms with van der Waals surface area (Å²) in [4.78, 5) is 29.4. The van der Waals surface area contributed by atoms with Crippen molar-refractivity contribution in [2.75, 3.05) is 7.05 Å². The van der Waals surface area contributed by atoms with E-state index in [0.717, 1.165) is 19.3 Å². The molecule has 1 fully saturated rings. The van der Waals surface area contributed by atoms with Crippen molar-refractivity contribution in [2.24, 2.45) is 0 Å². The van der Waals surface area contributed by atoms with Crippen LogP contribution in [0.1, 0.15) is 42.5 Å². The Balaban J connectivity index is 2.33. The summed E-state index contributed by atoms with van der Waals surface area (Å²) in [6.45, 7) is 0. The fourth-order valence-electron chi connectivity index (χ4n) is 2.75. The van der Waals surface area contributed by atoms with Gasteiger partial charge in [-0.05, 0) is 18.9 Å². The highest BCUT2D eigenvalue weighted by molar-refractivity contribution is 6.33. The van der Waals surface area contributed by atoms with E-state index in [1.807, 2.05) is 0 Å². The van der Waals surface area contributed by atoms with Gasteiger partial charge in [0.05, 0.1) is 10.6 Å². The lowest BCUT2D eigenvalue weighted by molar-refractivity contribution is -0.151. The van der Waals surface area contributed by atoms with Gasteiger partial charge in [-0.2, -0.15) is 0 Å². The van der Waals surface area contributed by atoms with E-state index in [0.29, 0.717) is 12.8 Å². The molecule has 6 heteroatoms. The van der Waals surface area contributed by atoms with E-state index in [-0.39, 0.29) is 16.5 Å². The Labute approximate surface area is 122 Å². The van der Waals surface area contributed by atoms with Gasteiger partial charge in [0.15, 0.2) is 0 Å². The van der Waals surface area contributed by atoms with Crippen molar-refractivity contribution in [1.29, 1.82) is 0 Å². The van der Waals surface area contributed by atoms with E-state index in [1.165, 1.54) is 23.4 Å². The molecule has 2 rings (SSSR count). The number of aromatic nitrogens is 1. The number of hydrogen-bond donors (Lipinski definition) is 1. The predicted octanol–water partition coefficient (Wildman–Crippen LogP) is 2.59. The number of hydrogen-bond acceptors (Lipinski definition) is 3. The zero-order valence-corrected chi connectivity index (χ0v) is 12.1. The highest BCUT2D eigenvalue weighted by atomic mass is 35.5. The molecule has 0 unspecified atom stereocenters. The monoisotopic (exact) mass is 296 g/mol. The lowest BCUT2D eigenvalue weighted by Crippen LogP contribution is -2.56. The molecule has 108 valence electrons. The van der Waals surface area contributed by atoms with E-state index in [1.54, 1.807) is 7.05 Å². The second kappa shape index (κ2) is 5.79. The summed E-state index contributed by atoms with van der Waals surface area (Å²) in [5, 5.41) is 9.82. The number of likely N-dealkylation sites (N-methyl/N-ethyl adjacent to an activating group) is 1. The minimum absolute atomic E-state index is 0.237. The second-order valence-corrected chi connectivity index (χ2v) is 5.52. The molecular weight excluding hydrogens is 280 g/mol. The van der Waals surface area contributed by atoms with Crippen LogP contribution in [0.15, 0.2) is 18.5 Å². The standard InChI is InChI=1S/C14H17ClN2O3/c1-17(12(18)10-5-8-16-9-11(10)15)14(13(19)20)6-3-2-4-7-14/h5,8-9H,2-4,6-7H2,1H3,(H,19,20). The Morgan fingerprint density at radius 1 is 1.35 bits per heavy atom. The van der Waals surface area contributed by atoms with E-state index in [4.69, 9.17) is 11.6 Å². The summed E-state index contributed by atoms with van der Waals surface area (Å²) in [5.41, 5.74) is -0.836. The highest BCUT2D eigenvalue weighted by Crippen LogP contribution is 2.34. The SMILES string of the molecule is CN(C(=O)c1ccncc1Cl)C1(C(=O)O)CCCCC1. The number of carboxylic acids is 1. The van der Waals surface area contributed by atoms with Crippen molar-refractivity contribution in [3.8, 4) is 0 Å². The fourth-order valence-corrected chi connectivity index (χ4v) is 2.95. The van der Waals surface area contributed by atoms with Gasteiger partial charge in [-0.25, -0.2) is 4.79 Å². The van der Waals surface area contributed by atoms with Crippen LogP contribution in [0.2, 0.25) is 5.02 Å². The number of carboxylic acid groups (broad SMARTS) is 1. The lowest BCUT2D eigenvalue weighted by atomic mass is 9.80. The number of carbonyl (C=O) groups excluding carboxylic acids is 1. The van der Waals surface area contributed by atoms with Crippen LogP contribution in [0.5, 0.6) is 0 Å². The largest absolute Gasteiger partial charge is 0.479 e. The van der Waals surface area contributed by atoms with Gasteiger partial charge in [0.25, 0.3) is 5.91 Å². The van der Waals surface area contributed by atoms with Crippen LogP contribution in [0.4, 0.5) is 0 Å². The summed E-state index contributed by atoms with van der Waals surface area (Å²) in [7, 11) is 1.54. The first kappa shape index (κ1) is 14.8. The van der Waals surface area contributed by atoms with Crippen molar-refractivity contribution in [2.45, 2.75) is 37.6 Å². The molecule has 1 aliphatic carbocycles. The van der Waals surface area contributed by atoms with E-state index in [9.17, 15) is 14.7 Å². The molecule has 1 heterocycles. The van der Waals surface area contributed by atoms with Crippen molar-refractivity contribution in [1.82, 2.24) is 9.88 Å². The van der Waals surface area contributed by atoms with E-state index < -0.39 is 11.5 Å². The van der Waals surface area contributed by atoms with Crippen molar-refractivity contribution in [3.63, 3.8) is 0 Å². The number of nitrogens with zero attached hydrogens (tertiary/aromatic N) is 2. The zero-order chi connectivity index (χ0) is 14.8. The predicted molar refractivity (Wildman–Crippen MR) is 74.8 cm³/mol. The molecule has 0 aliphatic heterocycles. The van der Waals surface area contributed by atoms with E-state index >= 15 is 0 Å². The Morgan fingerprint density at radius 2 is 2.00 bits per heavy atom. The minimum Gasteiger partial charge on any atom is -0.479 e. The quantitative estimate of drug-likeness (QED) is 0.930. The van der Waals surface area contributed by atoms with Gasteiger partial charge in [-0.15, -0.1) is 0 Å². The Hall–Kier alpha value is -1.62. The molecule has 1 aliphatic rings. The smallest absolute Gasteiger partial charge is 0.329 e. The van der Waals surface area contributed by atoms with Gasteiger partial charge in [0, 0.05) is 19.4 Å². The molecule has 0 atom stereocenters. The van der Waals surface area contributed by atoms with Gasteiger partial charge in [0.1, 0.15) is 5.54 Å². The molecule has 1 amide bonds. The summed E-state index contributed by atoms with van der Waals surface area (Å²) in [5.74, 6) is -1.32. The van der Waals surface area contributed by atoms with Crippen molar-refractivity contribution < 1.29 is 14.7 Å². The van der Waals surface area contributed by atoms with Gasteiger partial charge in [0.2, 0.25) is 0 Å². The lowest BCUT2D eigenvalue weighted by Gasteiger charge is -2.41. The average Bonchev–Trinajstić information content (AvgIpc) is 2.47. The normalized spacial score (nSPS) is 17.5. The molecule has 0 saturated heterocycles. The minimum atomic E-state index is -1.12. The van der Waals surface area contributed by atoms with Crippen LogP contribution >= 0.6 is 11.6 Å². The van der Waals surface area contributed by atoms with Gasteiger partial charge >= 0.3 is 5.97 Å². The third-order valence-corrected chi connectivity index (χ3v) is 4.33. The van der Waals surface area contributed by atoms with Crippen molar-refractivity contribution in [3.05, 3.63) is 29.0 Å². The van der Waals surface area contributed by atoms with Crippen LogP contribution in [0.3, 0.4) is 0 Å². The number of amides is 1. The molecule has 5 nitrogen and oxygen atoms in total. The molecule has 1 N–H and O–H groups in total. The average molecular weight is 297 g/mol. The summed E-state index contributed by atoms with van der Waals surface area (Å²) >= 11 is 5.97. The first-order valence-electron chi connectivity index (χ1n) is 6.60. The Bertz CT molecular complexity index is 527. The van der Waals surface area contributed by atoms with Crippen LogP contribution in [0.25, 0.3) is 0 Å². The maximum Gasteiger partial charge on any atom is 0.329 e. The number of aliphatic carboxylic acids is 1. The van der Waals surface area contributed by atoms with Crippen LogP contribution < -0.4 is 0 Å². The van der Waals surface area contributed by atoms with Gasteiger partial charge in [-0.3, -0.25) is 9.78 Å². The van der Waals surface area contributed by atoms with Crippen LogP contribution in [-0.2, 0) is 4.79 Å². The zero-order valence-electron chi connectivity index (χ0n) is 11.3. The summed E-state index contributed by atoms with van der Waals surface area (Å²) in [6.07, 6.45) is 6.45. The second-order valence-electron chi connectivity index (χ2n) is 5.12. The van der Waals surface area contributed by atoms with Crippen molar-refractivity contribution >= 4 is 23.5 Å². The molecule has 20 heavy (non-hydrogen) atoms. The number of pyridine rings is 1. The molecule has 0 radical (unpaired) electrons. The molecule has 0 spiro atoms. The van der Waals surface area contributed by atoms with E-state index in [2.05, 4.69) is 4.98 Å². The first-order valence-corrected chi connectivity index (χ1v) is 6.98. The maximum absolute atomic E-state index is 12.5. The Kier molecular flexibility index (Phi) is 4.28. The Morgan fingerprint density at radius 3 is 2.55 bits per heavy atom. The summed E-state index contributed by atoms with van der Waals surface area (Å²) < 4.78 is 0. The maximum atomic E-state index is 12.5. The molecule has 0 aromatic carbocycles. The highest BCUT2D eigenvalue weighted by Gasteiger charge is 2.45. The molecule has 1 saturated carbocycles. The van der Waals surface area contributed by atoms with Crippen LogP contribution in [-0.4, -0.2) is 39.5 Å². The van der Waals surface area contributed by atoms with Crippen LogP contribution in [0, 0.1) is 0 Å². The molecule has 1 aromatic heterocycles. The first-order chi connectivity index (χ1) is 9.49. The topological polar surface area (TPSA) is 70.5 Å².